The Labute approximate surface area is 173 Å². The maximum absolute atomic E-state index is 13.6. The molecule has 2 aliphatic heterocycles. The number of amides is 1. The maximum atomic E-state index is 13.6. The van der Waals surface area contributed by atoms with Gasteiger partial charge >= 0.3 is 5.97 Å². The first-order valence-corrected chi connectivity index (χ1v) is 15.5. The summed E-state index contributed by atoms with van der Waals surface area (Å²) in [7, 11) is -4.46. The van der Waals surface area contributed by atoms with Crippen LogP contribution in [0.3, 0.4) is 0 Å². The van der Waals surface area contributed by atoms with E-state index in [2.05, 4.69) is 43.7 Å². The van der Waals surface area contributed by atoms with Crippen molar-refractivity contribution in [3.63, 3.8) is 0 Å². The molecule has 2 saturated carbocycles. The summed E-state index contributed by atoms with van der Waals surface area (Å²) in [6, 6.07) is -1.46. The van der Waals surface area contributed by atoms with Gasteiger partial charge in [-0.05, 0) is 30.6 Å². The number of carbonyl (C=O) groups excluding carboxylic acids is 2. The average molecular weight is 442 g/mol. The van der Waals surface area contributed by atoms with Crippen LogP contribution in [0.1, 0.15) is 33.1 Å². The summed E-state index contributed by atoms with van der Waals surface area (Å²) in [6.45, 7) is 10.4. The van der Waals surface area contributed by atoms with Gasteiger partial charge in [0.15, 0.2) is 6.04 Å². The zero-order valence-corrected chi connectivity index (χ0v) is 19.8. The number of carbonyl (C=O) groups is 2. The van der Waals surface area contributed by atoms with Crippen molar-refractivity contribution in [1.29, 1.82) is 0 Å². The predicted octanol–water partition coefficient (Wildman–Crippen LogP) is 2.22. The van der Waals surface area contributed by atoms with Crippen LogP contribution in [-0.4, -0.2) is 63.3 Å². The molecular formula is C19H31N3O5SSi. The number of nitrogens with zero attached hydrogens (tertiary/aromatic N) is 3. The monoisotopic (exact) mass is 441 g/mol. The van der Waals surface area contributed by atoms with Gasteiger partial charge in [-0.1, -0.05) is 33.5 Å². The summed E-state index contributed by atoms with van der Waals surface area (Å²) in [5.41, 5.74) is -0.930. The van der Waals surface area contributed by atoms with Crippen molar-refractivity contribution in [2.45, 2.75) is 70.5 Å². The third-order valence-corrected chi connectivity index (χ3v) is 12.4. The molecule has 4 aliphatic rings. The van der Waals surface area contributed by atoms with Gasteiger partial charge in [0.05, 0.1) is 32.6 Å². The molecule has 0 aromatic rings. The third-order valence-electron chi connectivity index (χ3n) is 8.24. The van der Waals surface area contributed by atoms with Gasteiger partial charge in [0.1, 0.15) is 5.92 Å². The van der Waals surface area contributed by atoms with Gasteiger partial charge in [-0.2, -0.15) is 10.2 Å². The number of sulfonamides is 1. The normalized spacial score (nSPS) is 41.6. The highest BCUT2D eigenvalue weighted by Gasteiger charge is 2.73. The Morgan fingerprint density at radius 3 is 2.38 bits per heavy atom. The molecule has 29 heavy (non-hydrogen) atoms. The smallest absolute Gasteiger partial charge is 0.313 e. The van der Waals surface area contributed by atoms with Crippen LogP contribution in [0.5, 0.6) is 0 Å². The molecule has 162 valence electrons. The van der Waals surface area contributed by atoms with Crippen LogP contribution in [-0.2, 0) is 24.3 Å². The van der Waals surface area contributed by atoms with Crippen LogP contribution in [0.15, 0.2) is 10.2 Å². The van der Waals surface area contributed by atoms with Crippen molar-refractivity contribution in [2.75, 3.05) is 12.9 Å². The molecule has 0 aromatic carbocycles. The Morgan fingerprint density at radius 2 is 1.83 bits per heavy atom. The second kappa shape index (κ2) is 6.12. The SMILES string of the molecule is COC(=O)[C@H]1C([Si](C)(C)C)N=N[C@@H]1C(=O)N1[C@H]2C[C@@H]3CC[C@@]2(CS1(=O)=O)C3(C)C. The van der Waals surface area contributed by atoms with Crippen molar-refractivity contribution >= 4 is 30.0 Å². The van der Waals surface area contributed by atoms with E-state index >= 15 is 0 Å². The summed E-state index contributed by atoms with van der Waals surface area (Å²) in [5, 5.41) is 8.44. The Balaban J connectivity index is 1.71. The standard InChI is InChI=1S/C19H31N3O5SSi/c1-18(2)11-7-8-19(18)10-28(25,26)22(12(19)9-11)16(23)14-13(17(24)27-3)15(21-20-14)29(4,5)6/h11-15H,7-10H2,1-6H3/t11-,12-,13+,14-,15?,19-/m0/s1. The molecule has 2 heterocycles. The highest BCUT2D eigenvalue weighted by molar-refractivity contribution is 7.90. The van der Waals surface area contributed by atoms with Crippen LogP contribution in [0.2, 0.25) is 19.6 Å². The molecule has 0 radical (unpaired) electrons. The molecule has 10 heteroatoms. The van der Waals surface area contributed by atoms with Crippen molar-refractivity contribution < 1.29 is 22.7 Å². The Morgan fingerprint density at radius 1 is 1.17 bits per heavy atom. The first-order valence-electron chi connectivity index (χ1n) is 10.3. The van der Waals surface area contributed by atoms with E-state index in [1.165, 1.54) is 7.11 Å². The van der Waals surface area contributed by atoms with Crippen molar-refractivity contribution in [3.8, 4) is 0 Å². The lowest BCUT2D eigenvalue weighted by Crippen LogP contribution is -2.53. The molecule has 1 spiro atoms. The van der Waals surface area contributed by atoms with E-state index in [1.807, 2.05) is 0 Å². The molecule has 4 rings (SSSR count). The highest BCUT2D eigenvalue weighted by atomic mass is 32.2. The number of methoxy groups -OCH3 is 1. The second-order valence-corrected chi connectivity index (χ2v) is 18.0. The van der Waals surface area contributed by atoms with Gasteiger partial charge < -0.3 is 4.74 Å². The van der Waals surface area contributed by atoms with Gasteiger partial charge in [0.25, 0.3) is 5.91 Å². The lowest BCUT2D eigenvalue weighted by atomic mass is 9.69. The quantitative estimate of drug-likeness (QED) is 0.493. The second-order valence-electron chi connectivity index (χ2n) is 10.8. The predicted molar refractivity (Wildman–Crippen MR) is 109 cm³/mol. The summed E-state index contributed by atoms with van der Waals surface area (Å²) < 4.78 is 32.5. The van der Waals surface area contributed by atoms with Crippen molar-refractivity contribution in [1.82, 2.24) is 4.31 Å². The number of rotatable bonds is 3. The number of esters is 1. The molecule has 3 fully saturated rings. The molecule has 1 unspecified atom stereocenters. The average Bonchev–Trinajstić information content (AvgIpc) is 3.26. The largest absolute Gasteiger partial charge is 0.469 e. The number of azo groups is 1. The minimum Gasteiger partial charge on any atom is -0.469 e. The zero-order valence-electron chi connectivity index (χ0n) is 18.0. The van der Waals surface area contributed by atoms with Crippen LogP contribution in [0, 0.1) is 22.7 Å². The Kier molecular flexibility index (Phi) is 4.42. The third kappa shape index (κ3) is 2.63. The molecule has 2 aliphatic carbocycles. The topological polar surface area (TPSA) is 105 Å². The molecule has 1 saturated heterocycles. The molecule has 1 amide bonds. The molecule has 6 atom stereocenters. The Hall–Kier alpha value is -1.29. The van der Waals surface area contributed by atoms with Crippen molar-refractivity contribution in [2.24, 2.45) is 32.9 Å². The summed E-state index contributed by atoms with van der Waals surface area (Å²) in [5.74, 6) is -1.58. The number of hydrogen-bond donors (Lipinski definition) is 0. The number of fused-ring (bicyclic) bond motifs is 1. The summed E-state index contributed by atoms with van der Waals surface area (Å²) in [6.07, 6.45) is 2.53. The zero-order chi connectivity index (χ0) is 21.6. The fourth-order valence-corrected chi connectivity index (χ4v) is 10.8. The van der Waals surface area contributed by atoms with Gasteiger partial charge in [-0.3, -0.25) is 9.59 Å². The van der Waals surface area contributed by atoms with Crippen LogP contribution >= 0.6 is 0 Å². The Bertz CT molecular complexity index is 896. The molecule has 2 bridgehead atoms. The molecule has 8 nitrogen and oxygen atoms in total. The van der Waals surface area contributed by atoms with E-state index in [9.17, 15) is 18.0 Å². The number of ether oxygens (including phenoxy) is 1. The van der Waals surface area contributed by atoms with E-state index in [1.54, 1.807) is 0 Å². The molecule has 0 aromatic heterocycles. The number of hydrogen-bond acceptors (Lipinski definition) is 7. The van der Waals surface area contributed by atoms with Crippen LogP contribution in [0.4, 0.5) is 0 Å². The van der Waals surface area contributed by atoms with Gasteiger partial charge in [-0.25, -0.2) is 12.7 Å². The van der Waals surface area contributed by atoms with E-state index in [-0.39, 0.29) is 17.2 Å². The lowest BCUT2D eigenvalue weighted by Gasteiger charge is -2.37. The lowest BCUT2D eigenvalue weighted by molar-refractivity contribution is -0.148. The fourth-order valence-electron chi connectivity index (χ4n) is 6.48. The van der Waals surface area contributed by atoms with Crippen molar-refractivity contribution in [3.05, 3.63) is 0 Å². The fraction of sp³-hybridized carbons (Fsp3) is 0.895. The molecular weight excluding hydrogens is 410 g/mol. The molecule has 0 N–H and O–H groups in total. The van der Waals surface area contributed by atoms with Gasteiger partial charge in [0, 0.05) is 5.41 Å². The highest BCUT2D eigenvalue weighted by Crippen LogP contribution is 2.70. The van der Waals surface area contributed by atoms with Gasteiger partial charge in [-0.15, -0.1) is 0 Å². The maximum Gasteiger partial charge on any atom is 0.313 e. The van der Waals surface area contributed by atoms with Crippen LogP contribution in [0.25, 0.3) is 0 Å². The first-order chi connectivity index (χ1) is 13.3. The van der Waals surface area contributed by atoms with E-state index in [0.717, 1.165) is 17.1 Å². The summed E-state index contributed by atoms with van der Waals surface area (Å²) >= 11 is 0. The van der Waals surface area contributed by atoms with Gasteiger partial charge in [0.2, 0.25) is 10.0 Å². The summed E-state index contributed by atoms with van der Waals surface area (Å²) in [4.78, 5) is 26.2. The van der Waals surface area contributed by atoms with Crippen LogP contribution < -0.4 is 0 Å². The minimum atomic E-state index is -3.77. The minimum absolute atomic E-state index is 0.00408. The van der Waals surface area contributed by atoms with E-state index < -0.39 is 53.0 Å². The van der Waals surface area contributed by atoms with E-state index in [4.69, 9.17) is 4.74 Å². The first kappa shape index (κ1) is 21.0. The van der Waals surface area contributed by atoms with E-state index in [0.29, 0.717) is 12.3 Å².